The fourth-order valence-corrected chi connectivity index (χ4v) is 1.00. The zero-order chi connectivity index (χ0) is 12.9. The predicted molar refractivity (Wildman–Crippen MR) is 49.2 cm³/mol. The van der Waals surface area contributed by atoms with Crippen molar-refractivity contribution in [2.45, 2.75) is 26.4 Å². The van der Waals surface area contributed by atoms with Crippen LogP contribution in [0.3, 0.4) is 0 Å². The molecule has 92 valence electrons. The first-order valence-corrected chi connectivity index (χ1v) is 4.60. The number of hydrogen-bond donors (Lipinski definition) is 1. The van der Waals surface area contributed by atoms with Gasteiger partial charge in [-0.15, -0.1) is 0 Å². The number of hydrogen-bond acceptors (Lipinski definition) is 4. The maximum atomic E-state index is 12.2. The molecule has 0 radical (unpaired) electrons. The maximum Gasteiger partial charge on any atom is 0.430 e. The molecule has 1 atom stereocenters. The van der Waals surface area contributed by atoms with E-state index in [2.05, 4.69) is 4.74 Å². The quantitative estimate of drug-likeness (QED) is 0.451. The molecule has 0 saturated heterocycles. The van der Waals surface area contributed by atoms with Gasteiger partial charge in [-0.25, -0.2) is 0 Å². The monoisotopic (exact) mass is 239 g/mol. The van der Waals surface area contributed by atoms with E-state index in [-0.39, 0.29) is 13.0 Å². The molecule has 1 unspecified atom stereocenters. The summed E-state index contributed by atoms with van der Waals surface area (Å²) >= 11 is 0. The first kappa shape index (κ1) is 14.6. The van der Waals surface area contributed by atoms with E-state index in [1.807, 2.05) is 0 Å². The maximum absolute atomic E-state index is 12.2. The van der Waals surface area contributed by atoms with Crippen LogP contribution >= 0.6 is 0 Å². The van der Waals surface area contributed by atoms with E-state index in [4.69, 9.17) is 5.41 Å². The van der Waals surface area contributed by atoms with Crippen molar-refractivity contribution in [3.8, 4) is 0 Å². The zero-order valence-electron chi connectivity index (χ0n) is 8.85. The molecule has 0 aliphatic heterocycles. The summed E-state index contributed by atoms with van der Waals surface area (Å²) in [5.41, 5.74) is -1.88. The molecule has 0 aliphatic carbocycles. The molecule has 0 aromatic heterocycles. The van der Waals surface area contributed by atoms with Gasteiger partial charge in [-0.1, -0.05) is 6.92 Å². The number of carbonyl (C=O) groups excluding carboxylic acids is 2. The van der Waals surface area contributed by atoms with Crippen molar-refractivity contribution < 1.29 is 27.5 Å². The van der Waals surface area contributed by atoms with E-state index in [0.29, 0.717) is 0 Å². The molecule has 0 aromatic carbocycles. The third-order valence-corrected chi connectivity index (χ3v) is 1.79. The van der Waals surface area contributed by atoms with Crippen LogP contribution in [-0.2, 0) is 14.3 Å². The van der Waals surface area contributed by atoms with E-state index in [1.165, 1.54) is 13.8 Å². The standard InChI is InChI=1S/C9H12F3NO3/c1-3-5(14)6(8(15)16-4-2)7(13)9(10,11)12/h6,13H,3-4H2,1-2H3. The summed E-state index contributed by atoms with van der Waals surface area (Å²) in [7, 11) is 0. The summed E-state index contributed by atoms with van der Waals surface area (Å²) in [6.45, 7) is 2.58. The van der Waals surface area contributed by atoms with Crippen molar-refractivity contribution in [2.24, 2.45) is 5.92 Å². The van der Waals surface area contributed by atoms with E-state index in [1.54, 1.807) is 0 Å². The van der Waals surface area contributed by atoms with Crippen LogP contribution in [0.4, 0.5) is 13.2 Å². The number of ketones is 1. The third kappa shape index (κ3) is 3.63. The number of carbonyl (C=O) groups is 2. The van der Waals surface area contributed by atoms with Crippen molar-refractivity contribution in [1.82, 2.24) is 0 Å². The highest BCUT2D eigenvalue weighted by molar-refractivity contribution is 6.19. The van der Waals surface area contributed by atoms with Gasteiger partial charge in [0, 0.05) is 6.42 Å². The Hall–Kier alpha value is -1.40. The average Bonchev–Trinajstić information content (AvgIpc) is 2.16. The van der Waals surface area contributed by atoms with Crippen LogP contribution in [-0.4, -0.2) is 30.2 Å². The Morgan fingerprint density at radius 2 is 1.81 bits per heavy atom. The van der Waals surface area contributed by atoms with Gasteiger partial charge < -0.3 is 4.74 Å². The summed E-state index contributed by atoms with van der Waals surface area (Å²) in [6, 6.07) is 0. The second-order valence-corrected chi connectivity index (χ2v) is 2.92. The lowest BCUT2D eigenvalue weighted by molar-refractivity contribution is -0.150. The molecule has 0 bridgehead atoms. The molecule has 0 fully saturated rings. The van der Waals surface area contributed by atoms with Gasteiger partial charge in [-0.3, -0.25) is 15.0 Å². The van der Waals surface area contributed by atoms with Crippen molar-refractivity contribution >= 4 is 17.5 Å². The fraction of sp³-hybridized carbons (Fsp3) is 0.667. The molecule has 0 aliphatic rings. The second kappa shape index (κ2) is 5.62. The highest BCUT2D eigenvalue weighted by atomic mass is 19.4. The molecule has 0 spiro atoms. The first-order chi connectivity index (χ1) is 7.25. The van der Waals surface area contributed by atoms with Crippen molar-refractivity contribution in [2.75, 3.05) is 6.61 Å². The molecular weight excluding hydrogens is 227 g/mol. The minimum atomic E-state index is -5.00. The van der Waals surface area contributed by atoms with Gasteiger partial charge in [0.05, 0.1) is 6.61 Å². The number of Topliss-reactive ketones (excluding diaryl/α,β-unsaturated/α-hetero) is 1. The summed E-state index contributed by atoms with van der Waals surface area (Å²) in [4.78, 5) is 22.3. The topological polar surface area (TPSA) is 67.2 Å². The molecule has 0 rings (SSSR count). The summed E-state index contributed by atoms with van der Waals surface area (Å²) in [5.74, 6) is -4.46. The van der Waals surface area contributed by atoms with Gasteiger partial charge in [0.2, 0.25) is 0 Å². The third-order valence-electron chi connectivity index (χ3n) is 1.79. The molecular formula is C9H12F3NO3. The molecule has 0 amide bonds. The highest BCUT2D eigenvalue weighted by Gasteiger charge is 2.46. The summed E-state index contributed by atoms with van der Waals surface area (Å²) in [6.07, 6.45) is -5.26. The van der Waals surface area contributed by atoms with E-state index in [9.17, 15) is 22.8 Å². The fourth-order valence-electron chi connectivity index (χ4n) is 1.00. The number of nitrogens with one attached hydrogen (secondary N) is 1. The van der Waals surface area contributed by atoms with E-state index >= 15 is 0 Å². The minimum Gasteiger partial charge on any atom is -0.465 e. The minimum absolute atomic E-state index is 0.141. The van der Waals surface area contributed by atoms with Gasteiger partial charge in [-0.2, -0.15) is 13.2 Å². The summed E-state index contributed by atoms with van der Waals surface area (Å²) in [5, 5.41) is 6.79. The Labute approximate surface area is 90.3 Å². The number of halogens is 3. The Morgan fingerprint density at radius 3 is 2.12 bits per heavy atom. The van der Waals surface area contributed by atoms with Gasteiger partial charge in [0.1, 0.15) is 5.71 Å². The number of rotatable bonds is 5. The number of ether oxygens (including phenoxy) is 1. The smallest absolute Gasteiger partial charge is 0.430 e. The van der Waals surface area contributed by atoms with Gasteiger partial charge in [0.15, 0.2) is 11.7 Å². The predicted octanol–water partition coefficient (Wildman–Crippen LogP) is 1.73. The molecule has 4 nitrogen and oxygen atoms in total. The van der Waals surface area contributed by atoms with Crippen molar-refractivity contribution in [3.05, 3.63) is 0 Å². The van der Waals surface area contributed by atoms with E-state index < -0.39 is 29.6 Å². The lowest BCUT2D eigenvalue weighted by Crippen LogP contribution is -2.40. The molecule has 0 heterocycles. The van der Waals surface area contributed by atoms with Crippen LogP contribution in [0, 0.1) is 11.3 Å². The van der Waals surface area contributed by atoms with Gasteiger partial charge in [-0.05, 0) is 6.92 Å². The second-order valence-electron chi connectivity index (χ2n) is 2.92. The number of alkyl halides is 3. The Morgan fingerprint density at radius 1 is 1.31 bits per heavy atom. The van der Waals surface area contributed by atoms with Gasteiger partial charge in [0.25, 0.3) is 0 Å². The van der Waals surface area contributed by atoms with E-state index in [0.717, 1.165) is 0 Å². The van der Waals surface area contributed by atoms with Gasteiger partial charge >= 0.3 is 12.1 Å². The SMILES string of the molecule is CCOC(=O)C(C(=N)C(F)(F)F)C(=O)CC. The summed E-state index contributed by atoms with van der Waals surface area (Å²) < 4.78 is 41.0. The average molecular weight is 239 g/mol. The van der Waals surface area contributed by atoms with Crippen LogP contribution in [0.25, 0.3) is 0 Å². The van der Waals surface area contributed by atoms with Crippen molar-refractivity contribution in [3.63, 3.8) is 0 Å². The first-order valence-electron chi connectivity index (χ1n) is 4.60. The molecule has 1 N–H and O–H groups in total. The lowest BCUT2D eigenvalue weighted by Gasteiger charge is -2.16. The number of esters is 1. The molecule has 0 aromatic rings. The van der Waals surface area contributed by atoms with Crippen LogP contribution in [0.15, 0.2) is 0 Å². The van der Waals surface area contributed by atoms with Crippen LogP contribution in [0.2, 0.25) is 0 Å². The molecule has 16 heavy (non-hydrogen) atoms. The highest BCUT2D eigenvalue weighted by Crippen LogP contribution is 2.23. The Balaban J connectivity index is 5.03. The molecule has 0 saturated carbocycles. The van der Waals surface area contributed by atoms with Crippen LogP contribution in [0.1, 0.15) is 20.3 Å². The Bertz CT molecular complexity index is 299. The Kier molecular flexibility index (Phi) is 5.13. The zero-order valence-corrected chi connectivity index (χ0v) is 8.85. The molecule has 7 heteroatoms. The van der Waals surface area contributed by atoms with Crippen LogP contribution < -0.4 is 0 Å². The normalized spacial score (nSPS) is 13.1. The van der Waals surface area contributed by atoms with Crippen LogP contribution in [0.5, 0.6) is 0 Å². The lowest BCUT2D eigenvalue weighted by atomic mass is 9.96. The van der Waals surface area contributed by atoms with Crippen molar-refractivity contribution in [1.29, 1.82) is 5.41 Å². The largest absolute Gasteiger partial charge is 0.465 e.